The van der Waals surface area contributed by atoms with E-state index in [1.54, 1.807) is 24.3 Å². The summed E-state index contributed by atoms with van der Waals surface area (Å²) in [6, 6.07) is 14.5. The van der Waals surface area contributed by atoms with Crippen LogP contribution in [0.3, 0.4) is 0 Å². The van der Waals surface area contributed by atoms with E-state index in [1.165, 1.54) is 0 Å². The predicted molar refractivity (Wildman–Crippen MR) is 148 cm³/mol. The topological polar surface area (TPSA) is 116 Å². The van der Waals surface area contributed by atoms with Gasteiger partial charge in [-0.25, -0.2) is 18.4 Å². The molecule has 0 spiro atoms. The second-order valence-electron chi connectivity index (χ2n) is 9.48. The van der Waals surface area contributed by atoms with Gasteiger partial charge in [0.2, 0.25) is 15.9 Å². The highest BCUT2D eigenvalue weighted by Crippen LogP contribution is 2.41. The summed E-state index contributed by atoms with van der Waals surface area (Å²) in [5, 5.41) is 8.45. The predicted octanol–water partition coefficient (Wildman–Crippen LogP) is 5.71. The molecule has 198 valence electrons. The number of unbranched alkanes of at least 4 members (excludes halogenated alkanes) is 1. The molecule has 0 aliphatic rings. The summed E-state index contributed by atoms with van der Waals surface area (Å²) >= 11 is 1.02. The van der Waals surface area contributed by atoms with E-state index in [2.05, 4.69) is 5.32 Å². The molecule has 0 unspecified atom stereocenters. The average molecular weight is 543 g/mol. The van der Waals surface area contributed by atoms with Crippen molar-refractivity contribution in [2.45, 2.75) is 57.6 Å². The van der Waals surface area contributed by atoms with E-state index < -0.39 is 16.0 Å². The van der Waals surface area contributed by atoms with Gasteiger partial charge < -0.3 is 10.1 Å². The zero-order valence-corrected chi connectivity index (χ0v) is 23.3. The largest absolute Gasteiger partial charge is 0.462 e. The van der Waals surface area contributed by atoms with Gasteiger partial charge in [0.1, 0.15) is 4.21 Å². The molecular weight excluding hydrogens is 508 g/mol. The number of anilines is 1. The summed E-state index contributed by atoms with van der Waals surface area (Å²) in [5.74, 6) is -0.528. The number of hydrogen-bond donors (Lipinski definition) is 2. The second-order valence-corrected chi connectivity index (χ2v) is 12.3. The Balaban J connectivity index is 1.95. The lowest BCUT2D eigenvalue weighted by Crippen LogP contribution is -2.14. The quantitative estimate of drug-likeness (QED) is 0.238. The Morgan fingerprint density at radius 1 is 1.05 bits per heavy atom. The van der Waals surface area contributed by atoms with Crippen LogP contribution in [0.5, 0.6) is 0 Å². The van der Waals surface area contributed by atoms with Crippen molar-refractivity contribution in [2.24, 2.45) is 11.1 Å². The van der Waals surface area contributed by atoms with Gasteiger partial charge in [-0.2, -0.15) is 0 Å². The number of nitrogens with one attached hydrogen (secondary N) is 1. The van der Waals surface area contributed by atoms with E-state index in [0.717, 1.165) is 28.9 Å². The van der Waals surface area contributed by atoms with Crippen molar-refractivity contribution in [1.29, 1.82) is 0 Å². The lowest BCUT2D eigenvalue weighted by molar-refractivity contribution is -0.115. The van der Waals surface area contributed by atoms with Crippen molar-refractivity contribution in [2.75, 3.05) is 11.9 Å². The lowest BCUT2D eigenvalue weighted by atomic mass is 9.98. The Morgan fingerprint density at radius 2 is 1.70 bits per heavy atom. The number of aryl methyl sites for hydroxylation is 1. The van der Waals surface area contributed by atoms with Gasteiger partial charge in [0.05, 0.1) is 18.6 Å². The fraction of sp³-hybridized carbons (Fsp3) is 0.357. The van der Waals surface area contributed by atoms with Gasteiger partial charge >= 0.3 is 5.97 Å². The molecule has 1 aromatic heterocycles. The third-order valence-corrected chi connectivity index (χ3v) is 8.35. The number of nitrogens with two attached hydrogens (primary N) is 1. The summed E-state index contributed by atoms with van der Waals surface area (Å²) in [5.41, 5.74) is 3.61. The van der Waals surface area contributed by atoms with Crippen LogP contribution in [-0.2, 0) is 32.4 Å². The molecule has 2 aromatic carbocycles. The van der Waals surface area contributed by atoms with E-state index in [9.17, 15) is 18.0 Å². The van der Waals surface area contributed by atoms with E-state index in [0.29, 0.717) is 29.0 Å². The minimum absolute atomic E-state index is 0.0598. The maximum absolute atomic E-state index is 13.2. The molecule has 37 heavy (non-hydrogen) atoms. The molecule has 7 nitrogen and oxygen atoms in total. The maximum Gasteiger partial charge on any atom is 0.339 e. The third kappa shape index (κ3) is 7.74. The number of primary sulfonamides is 1. The molecule has 0 atom stereocenters. The van der Waals surface area contributed by atoms with Gasteiger partial charge in [0, 0.05) is 16.1 Å². The SMILES string of the molecule is CCCCOC(=O)c1c(CC(C)C)sc(S(N)(=O)=O)c1-c1ccc(CC(=O)Nc2ccc(C)cc2)cc1. The Kier molecular flexibility index (Phi) is 9.64. The molecule has 0 aliphatic heterocycles. The molecule has 0 fully saturated rings. The van der Waals surface area contributed by atoms with E-state index in [1.807, 2.05) is 52.0 Å². The number of esters is 1. The van der Waals surface area contributed by atoms with Crippen LogP contribution in [0.1, 0.15) is 60.0 Å². The highest BCUT2D eigenvalue weighted by Gasteiger charge is 2.30. The summed E-state index contributed by atoms with van der Waals surface area (Å²) in [6.45, 7) is 8.22. The van der Waals surface area contributed by atoms with Crippen LogP contribution in [0, 0.1) is 12.8 Å². The Hall–Kier alpha value is -3.01. The molecule has 3 N–H and O–H groups in total. The molecular formula is C28H34N2O5S2. The number of sulfonamides is 1. The number of carbonyl (C=O) groups is 2. The van der Waals surface area contributed by atoms with Crippen LogP contribution < -0.4 is 10.5 Å². The molecule has 1 amide bonds. The number of hydrogen-bond acceptors (Lipinski definition) is 6. The Morgan fingerprint density at radius 3 is 2.27 bits per heavy atom. The van der Waals surface area contributed by atoms with Crippen LogP contribution >= 0.6 is 11.3 Å². The van der Waals surface area contributed by atoms with E-state index >= 15 is 0 Å². The minimum Gasteiger partial charge on any atom is -0.462 e. The molecule has 0 radical (unpaired) electrons. The van der Waals surface area contributed by atoms with Crippen LogP contribution in [0.4, 0.5) is 5.69 Å². The van der Waals surface area contributed by atoms with Crippen LogP contribution in [-0.4, -0.2) is 26.9 Å². The van der Waals surface area contributed by atoms with Gasteiger partial charge in [-0.05, 0) is 48.9 Å². The Labute approximate surface area is 223 Å². The van der Waals surface area contributed by atoms with Gasteiger partial charge in [-0.3, -0.25) is 4.79 Å². The smallest absolute Gasteiger partial charge is 0.339 e. The first-order valence-corrected chi connectivity index (χ1v) is 14.7. The average Bonchev–Trinajstić information content (AvgIpc) is 3.20. The molecule has 1 heterocycles. The van der Waals surface area contributed by atoms with E-state index in [-0.39, 0.29) is 40.2 Å². The Bertz CT molecular complexity index is 1340. The third-order valence-electron chi connectivity index (χ3n) is 5.68. The maximum atomic E-state index is 13.2. The molecule has 0 saturated carbocycles. The molecule has 0 bridgehead atoms. The second kappa shape index (κ2) is 12.5. The molecule has 0 aliphatic carbocycles. The van der Waals surface area contributed by atoms with Crippen LogP contribution in [0.25, 0.3) is 11.1 Å². The van der Waals surface area contributed by atoms with E-state index in [4.69, 9.17) is 9.88 Å². The number of ether oxygens (including phenoxy) is 1. The standard InChI is InChI=1S/C28H34N2O5S2/c1-5-6-15-35-27(32)26-23(16-18(2)3)36-28(37(29,33)34)25(26)21-11-9-20(10-12-21)17-24(31)30-22-13-7-19(4)8-14-22/h7-14,18H,5-6,15-17H2,1-4H3,(H,30,31)(H2,29,33,34). The first-order valence-electron chi connectivity index (χ1n) is 12.3. The fourth-order valence-electron chi connectivity index (χ4n) is 3.85. The molecule has 3 rings (SSSR count). The number of benzene rings is 2. The number of amides is 1. The lowest BCUT2D eigenvalue weighted by Gasteiger charge is -2.11. The van der Waals surface area contributed by atoms with Crippen molar-refractivity contribution < 1.29 is 22.7 Å². The number of carbonyl (C=O) groups excluding carboxylic acids is 2. The van der Waals surface area contributed by atoms with Crippen LogP contribution in [0.2, 0.25) is 0 Å². The van der Waals surface area contributed by atoms with Crippen molar-refractivity contribution in [1.82, 2.24) is 0 Å². The van der Waals surface area contributed by atoms with Crippen molar-refractivity contribution >= 4 is 38.9 Å². The van der Waals surface area contributed by atoms with Gasteiger partial charge in [0.25, 0.3) is 0 Å². The fourth-order valence-corrected chi connectivity index (χ4v) is 6.37. The van der Waals surface area contributed by atoms with Gasteiger partial charge in [-0.15, -0.1) is 11.3 Å². The summed E-state index contributed by atoms with van der Waals surface area (Å²) in [6.07, 6.45) is 2.24. The first-order chi connectivity index (χ1) is 17.5. The van der Waals surface area contributed by atoms with Crippen LogP contribution in [0.15, 0.2) is 52.7 Å². The molecule has 0 saturated heterocycles. The summed E-state index contributed by atoms with van der Waals surface area (Å²) < 4.78 is 30.5. The number of thiophene rings is 1. The minimum atomic E-state index is -4.10. The highest BCUT2D eigenvalue weighted by atomic mass is 32.2. The summed E-state index contributed by atoms with van der Waals surface area (Å²) in [4.78, 5) is 26.3. The summed E-state index contributed by atoms with van der Waals surface area (Å²) in [7, 11) is -4.10. The highest BCUT2D eigenvalue weighted by molar-refractivity contribution is 7.91. The van der Waals surface area contributed by atoms with Gasteiger partial charge in [0.15, 0.2) is 0 Å². The zero-order valence-electron chi connectivity index (χ0n) is 21.7. The van der Waals surface area contributed by atoms with Crippen molar-refractivity contribution in [3.8, 4) is 11.1 Å². The number of rotatable bonds is 11. The van der Waals surface area contributed by atoms with Gasteiger partial charge in [-0.1, -0.05) is 69.2 Å². The van der Waals surface area contributed by atoms with Crippen molar-refractivity contribution in [3.05, 3.63) is 70.1 Å². The first kappa shape index (κ1) is 28.6. The molecule has 3 aromatic rings. The monoisotopic (exact) mass is 542 g/mol. The molecule has 9 heteroatoms. The van der Waals surface area contributed by atoms with Crippen molar-refractivity contribution in [3.63, 3.8) is 0 Å². The normalized spacial score (nSPS) is 11.5. The zero-order chi connectivity index (χ0) is 27.2.